The van der Waals surface area contributed by atoms with Crippen molar-refractivity contribution in [2.24, 2.45) is 0 Å². The van der Waals surface area contributed by atoms with Crippen molar-refractivity contribution in [2.45, 2.75) is 37.6 Å². The summed E-state index contributed by atoms with van der Waals surface area (Å²) in [5.74, 6) is 0.242. The van der Waals surface area contributed by atoms with E-state index < -0.39 is 0 Å². The summed E-state index contributed by atoms with van der Waals surface area (Å²) in [4.78, 5) is 20.0. The van der Waals surface area contributed by atoms with Gasteiger partial charge in [-0.3, -0.25) is 9.36 Å². The van der Waals surface area contributed by atoms with E-state index in [2.05, 4.69) is 6.07 Å². The predicted molar refractivity (Wildman–Crippen MR) is 104 cm³/mol. The van der Waals surface area contributed by atoms with Gasteiger partial charge in [-0.1, -0.05) is 30.0 Å². The Labute approximate surface area is 159 Å². The number of para-hydroxylation sites is 1. The fraction of sp³-hybridized carbons (Fsp3) is 0.316. The van der Waals surface area contributed by atoms with Crippen LogP contribution in [0.3, 0.4) is 0 Å². The molecular formula is C19H17N3O2S2. The molecule has 0 radical (unpaired) electrons. The first-order valence-corrected chi connectivity index (χ1v) is 10.1. The number of thiophene rings is 1. The van der Waals surface area contributed by atoms with Crippen molar-refractivity contribution in [3.63, 3.8) is 0 Å². The van der Waals surface area contributed by atoms with Crippen LogP contribution in [0.25, 0.3) is 15.9 Å². The Morgan fingerprint density at radius 3 is 2.88 bits per heavy atom. The number of aromatic nitrogens is 2. The highest BCUT2D eigenvalue weighted by Crippen LogP contribution is 2.37. The normalized spacial score (nSPS) is 15.6. The van der Waals surface area contributed by atoms with Gasteiger partial charge in [-0.05, 0) is 31.5 Å². The monoisotopic (exact) mass is 383 g/mol. The molecule has 0 amide bonds. The van der Waals surface area contributed by atoms with Gasteiger partial charge in [0, 0.05) is 11.3 Å². The SMILES string of the molecule is CC1(C)Cc2c(sc3nc(SCC#N)n(-c4ccccc4)c(=O)c23)CO1. The zero-order valence-corrected chi connectivity index (χ0v) is 16.1. The van der Waals surface area contributed by atoms with Gasteiger partial charge in [0.2, 0.25) is 0 Å². The van der Waals surface area contributed by atoms with Crippen molar-refractivity contribution in [1.29, 1.82) is 5.26 Å². The highest BCUT2D eigenvalue weighted by atomic mass is 32.2. The average Bonchev–Trinajstić information content (AvgIpc) is 2.97. The smallest absolute Gasteiger partial charge is 0.267 e. The van der Waals surface area contributed by atoms with Crippen molar-refractivity contribution in [3.8, 4) is 11.8 Å². The maximum atomic E-state index is 13.4. The second-order valence-corrected chi connectivity index (χ2v) is 8.75. The molecule has 0 aliphatic carbocycles. The van der Waals surface area contributed by atoms with Crippen molar-refractivity contribution < 1.29 is 4.74 Å². The average molecular weight is 383 g/mol. The van der Waals surface area contributed by atoms with Gasteiger partial charge in [-0.25, -0.2) is 4.98 Å². The molecule has 0 atom stereocenters. The third kappa shape index (κ3) is 2.94. The fourth-order valence-electron chi connectivity index (χ4n) is 3.17. The summed E-state index contributed by atoms with van der Waals surface area (Å²) in [7, 11) is 0. The number of ether oxygens (including phenoxy) is 1. The van der Waals surface area contributed by atoms with E-state index in [0.29, 0.717) is 23.6 Å². The van der Waals surface area contributed by atoms with Gasteiger partial charge < -0.3 is 4.74 Å². The topological polar surface area (TPSA) is 67.9 Å². The quantitative estimate of drug-likeness (QED) is 0.507. The van der Waals surface area contributed by atoms with E-state index in [-0.39, 0.29) is 16.9 Å². The van der Waals surface area contributed by atoms with Gasteiger partial charge in [-0.2, -0.15) is 5.26 Å². The Kier molecular flexibility index (Phi) is 4.35. The van der Waals surface area contributed by atoms with Crippen LogP contribution < -0.4 is 5.56 Å². The first kappa shape index (κ1) is 17.3. The summed E-state index contributed by atoms with van der Waals surface area (Å²) in [5, 5.41) is 10.2. The van der Waals surface area contributed by atoms with E-state index in [1.165, 1.54) is 23.1 Å². The van der Waals surface area contributed by atoms with Crippen LogP contribution >= 0.6 is 23.1 Å². The second-order valence-electron chi connectivity index (χ2n) is 6.73. The number of benzene rings is 1. The number of fused-ring (bicyclic) bond motifs is 3. The van der Waals surface area contributed by atoms with Gasteiger partial charge in [0.1, 0.15) is 4.83 Å². The molecule has 4 rings (SSSR count). The van der Waals surface area contributed by atoms with Crippen LogP contribution in [0.2, 0.25) is 0 Å². The Bertz CT molecular complexity index is 1080. The van der Waals surface area contributed by atoms with Crippen molar-refractivity contribution in [1.82, 2.24) is 9.55 Å². The Morgan fingerprint density at radius 1 is 1.38 bits per heavy atom. The van der Waals surface area contributed by atoms with Crippen LogP contribution in [0.1, 0.15) is 24.3 Å². The molecule has 1 aliphatic rings. The van der Waals surface area contributed by atoms with E-state index in [9.17, 15) is 4.79 Å². The first-order valence-electron chi connectivity index (χ1n) is 8.26. The van der Waals surface area contributed by atoms with Crippen LogP contribution in [-0.2, 0) is 17.8 Å². The molecule has 0 bridgehead atoms. The summed E-state index contributed by atoms with van der Waals surface area (Å²) in [6.45, 7) is 4.59. The van der Waals surface area contributed by atoms with E-state index in [4.69, 9.17) is 15.0 Å². The number of nitrogens with zero attached hydrogens (tertiary/aromatic N) is 3. The lowest BCUT2D eigenvalue weighted by atomic mass is 9.94. The second kappa shape index (κ2) is 6.54. The zero-order chi connectivity index (χ0) is 18.3. The van der Waals surface area contributed by atoms with E-state index >= 15 is 0 Å². The molecule has 3 heterocycles. The van der Waals surface area contributed by atoms with Crippen LogP contribution in [0, 0.1) is 11.3 Å². The predicted octanol–water partition coefficient (Wildman–Crippen LogP) is 3.91. The summed E-state index contributed by atoms with van der Waals surface area (Å²) < 4.78 is 7.52. The molecule has 2 aromatic heterocycles. The van der Waals surface area contributed by atoms with E-state index in [0.717, 1.165) is 21.0 Å². The van der Waals surface area contributed by atoms with Crippen LogP contribution in [0.15, 0.2) is 40.3 Å². The first-order chi connectivity index (χ1) is 12.5. The van der Waals surface area contributed by atoms with Gasteiger partial charge in [0.25, 0.3) is 5.56 Å². The van der Waals surface area contributed by atoms with E-state index in [1.54, 1.807) is 4.57 Å². The summed E-state index contributed by atoms with van der Waals surface area (Å²) in [5.41, 5.74) is 1.45. The molecule has 1 aromatic carbocycles. The highest BCUT2D eigenvalue weighted by molar-refractivity contribution is 7.99. The van der Waals surface area contributed by atoms with Crippen LogP contribution in [0.5, 0.6) is 0 Å². The molecule has 0 spiro atoms. The lowest BCUT2D eigenvalue weighted by Crippen LogP contribution is -2.32. The molecule has 0 saturated heterocycles. The third-order valence-corrected chi connectivity index (χ3v) is 6.26. The molecule has 26 heavy (non-hydrogen) atoms. The third-order valence-electron chi connectivity index (χ3n) is 4.35. The number of thioether (sulfide) groups is 1. The molecule has 1 aliphatic heterocycles. The molecule has 0 unspecified atom stereocenters. The lowest BCUT2D eigenvalue weighted by molar-refractivity contribution is -0.0379. The van der Waals surface area contributed by atoms with Crippen LogP contribution in [-0.4, -0.2) is 20.9 Å². The molecule has 5 nitrogen and oxygen atoms in total. The lowest BCUT2D eigenvalue weighted by Gasteiger charge is -2.29. The van der Waals surface area contributed by atoms with Crippen molar-refractivity contribution in [2.75, 3.05) is 5.75 Å². The minimum Gasteiger partial charge on any atom is -0.370 e. The van der Waals surface area contributed by atoms with Gasteiger partial charge in [0.05, 0.1) is 35.1 Å². The number of nitriles is 1. The molecule has 0 N–H and O–H groups in total. The van der Waals surface area contributed by atoms with Crippen molar-refractivity contribution in [3.05, 3.63) is 51.1 Å². The Hall–Kier alpha value is -2.14. The van der Waals surface area contributed by atoms with Gasteiger partial charge in [-0.15, -0.1) is 11.3 Å². The summed E-state index contributed by atoms with van der Waals surface area (Å²) in [6.07, 6.45) is 0.693. The minimum absolute atomic E-state index is 0.0724. The molecule has 132 valence electrons. The van der Waals surface area contributed by atoms with Crippen LogP contribution in [0.4, 0.5) is 0 Å². The molecule has 0 fully saturated rings. The molecule has 7 heteroatoms. The number of rotatable bonds is 3. The standard InChI is InChI=1S/C19H17N3O2S2/c1-19(2)10-13-14(11-24-19)26-16-15(13)17(23)22(12-6-4-3-5-7-12)18(21-16)25-9-8-20/h3-7H,9-11H2,1-2H3. The Balaban J connectivity index is 2.00. The molecular weight excluding hydrogens is 366 g/mol. The molecule has 0 saturated carbocycles. The number of hydrogen-bond donors (Lipinski definition) is 0. The Morgan fingerprint density at radius 2 is 2.15 bits per heavy atom. The maximum Gasteiger partial charge on any atom is 0.267 e. The van der Waals surface area contributed by atoms with E-state index in [1.807, 2.05) is 44.2 Å². The largest absolute Gasteiger partial charge is 0.370 e. The van der Waals surface area contributed by atoms with Gasteiger partial charge >= 0.3 is 0 Å². The van der Waals surface area contributed by atoms with Crippen molar-refractivity contribution >= 4 is 33.3 Å². The zero-order valence-electron chi connectivity index (χ0n) is 14.5. The highest BCUT2D eigenvalue weighted by Gasteiger charge is 2.31. The summed E-state index contributed by atoms with van der Waals surface area (Å²) in [6, 6.07) is 11.6. The summed E-state index contributed by atoms with van der Waals surface area (Å²) >= 11 is 2.80. The molecule has 3 aromatic rings. The maximum absolute atomic E-state index is 13.4. The fourth-order valence-corrected chi connectivity index (χ4v) is 4.99. The minimum atomic E-state index is -0.292. The number of hydrogen-bond acceptors (Lipinski definition) is 6. The van der Waals surface area contributed by atoms with Gasteiger partial charge in [0.15, 0.2) is 5.16 Å².